The smallest absolute Gasteiger partial charge is 0.256 e. The van der Waals surface area contributed by atoms with Crippen LogP contribution in [0.3, 0.4) is 0 Å². The van der Waals surface area contributed by atoms with Gasteiger partial charge >= 0.3 is 0 Å². The number of rotatable bonds is 7. The molecular formula is C23H18BrNO2S. The van der Waals surface area contributed by atoms with Gasteiger partial charge in [-0.25, -0.2) is 4.98 Å². The standard InChI is InChI=1S/C23H18BrNO2S/c24-19-12-7-13-20(16-19)26-14-15-28-23-25-21(17-8-3-1-4-9-17)22(27-23)18-10-5-2-6-11-18/h1-13,16H,14-15H2. The van der Waals surface area contributed by atoms with Gasteiger partial charge in [-0.3, -0.25) is 0 Å². The summed E-state index contributed by atoms with van der Waals surface area (Å²) in [6.07, 6.45) is 0. The maximum atomic E-state index is 6.12. The van der Waals surface area contributed by atoms with E-state index in [1.165, 1.54) is 0 Å². The van der Waals surface area contributed by atoms with Crippen LogP contribution in [0.15, 0.2) is 99.0 Å². The number of oxazole rings is 1. The van der Waals surface area contributed by atoms with E-state index in [9.17, 15) is 0 Å². The molecule has 3 nitrogen and oxygen atoms in total. The van der Waals surface area contributed by atoms with Gasteiger partial charge < -0.3 is 9.15 Å². The summed E-state index contributed by atoms with van der Waals surface area (Å²) in [5.74, 6) is 2.38. The topological polar surface area (TPSA) is 35.3 Å². The molecule has 0 spiro atoms. The number of hydrogen-bond acceptors (Lipinski definition) is 4. The van der Waals surface area contributed by atoms with Crippen LogP contribution in [0.1, 0.15) is 0 Å². The quantitative estimate of drug-likeness (QED) is 0.225. The lowest BCUT2D eigenvalue weighted by Crippen LogP contribution is -1.99. The zero-order valence-corrected chi connectivity index (χ0v) is 17.4. The normalized spacial score (nSPS) is 10.8. The monoisotopic (exact) mass is 451 g/mol. The molecule has 1 aromatic heterocycles. The molecule has 0 saturated heterocycles. The fraction of sp³-hybridized carbons (Fsp3) is 0.0870. The summed E-state index contributed by atoms with van der Waals surface area (Å²) in [5.41, 5.74) is 2.93. The Morgan fingerprint density at radius 2 is 1.57 bits per heavy atom. The zero-order chi connectivity index (χ0) is 19.2. The van der Waals surface area contributed by atoms with Gasteiger partial charge in [0.25, 0.3) is 5.22 Å². The second-order valence-electron chi connectivity index (χ2n) is 6.04. The first kappa shape index (κ1) is 18.8. The molecule has 0 radical (unpaired) electrons. The van der Waals surface area contributed by atoms with Gasteiger partial charge in [0.15, 0.2) is 5.76 Å². The summed E-state index contributed by atoms with van der Waals surface area (Å²) in [7, 11) is 0. The second kappa shape index (κ2) is 9.13. The third-order valence-electron chi connectivity index (χ3n) is 4.06. The minimum absolute atomic E-state index is 0.574. The van der Waals surface area contributed by atoms with Gasteiger partial charge in [-0.2, -0.15) is 0 Å². The highest BCUT2D eigenvalue weighted by atomic mass is 79.9. The molecule has 0 fully saturated rings. The molecule has 140 valence electrons. The third kappa shape index (κ3) is 4.66. The van der Waals surface area contributed by atoms with Gasteiger partial charge in [0.1, 0.15) is 11.4 Å². The highest BCUT2D eigenvalue weighted by Crippen LogP contribution is 2.35. The Hall–Kier alpha value is -2.50. The molecule has 4 aromatic rings. The van der Waals surface area contributed by atoms with Crippen LogP contribution < -0.4 is 4.74 Å². The van der Waals surface area contributed by atoms with Crippen molar-refractivity contribution in [1.29, 1.82) is 0 Å². The lowest BCUT2D eigenvalue weighted by Gasteiger charge is -2.04. The van der Waals surface area contributed by atoms with E-state index < -0.39 is 0 Å². The summed E-state index contributed by atoms with van der Waals surface area (Å²) >= 11 is 5.01. The van der Waals surface area contributed by atoms with Crippen LogP contribution in [0.2, 0.25) is 0 Å². The average molecular weight is 452 g/mol. The molecular weight excluding hydrogens is 434 g/mol. The molecule has 0 N–H and O–H groups in total. The molecule has 28 heavy (non-hydrogen) atoms. The number of ether oxygens (including phenoxy) is 1. The number of thioether (sulfide) groups is 1. The minimum Gasteiger partial charge on any atom is -0.493 e. The van der Waals surface area contributed by atoms with Crippen molar-refractivity contribution in [3.8, 4) is 28.3 Å². The van der Waals surface area contributed by atoms with E-state index in [1.54, 1.807) is 11.8 Å². The highest BCUT2D eigenvalue weighted by molar-refractivity contribution is 9.10. The van der Waals surface area contributed by atoms with Gasteiger partial charge in [-0.15, -0.1) is 0 Å². The number of benzene rings is 3. The molecule has 0 unspecified atom stereocenters. The van der Waals surface area contributed by atoms with Crippen LogP contribution in [0.25, 0.3) is 22.6 Å². The molecule has 5 heteroatoms. The zero-order valence-electron chi connectivity index (χ0n) is 15.0. The summed E-state index contributed by atoms with van der Waals surface area (Å²) in [4.78, 5) is 4.75. The maximum Gasteiger partial charge on any atom is 0.256 e. The molecule has 0 aliphatic heterocycles. The van der Waals surface area contributed by atoms with Crippen molar-refractivity contribution in [3.05, 3.63) is 89.4 Å². The van der Waals surface area contributed by atoms with Crippen molar-refractivity contribution in [2.24, 2.45) is 0 Å². The van der Waals surface area contributed by atoms with Crippen LogP contribution in [-0.2, 0) is 0 Å². The first-order chi connectivity index (χ1) is 13.8. The van der Waals surface area contributed by atoms with Crippen molar-refractivity contribution in [2.75, 3.05) is 12.4 Å². The molecule has 3 aromatic carbocycles. The predicted octanol–water partition coefficient (Wildman–Crippen LogP) is 6.94. The van der Waals surface area contributed by atoms with Crippen molar-refractivity contribution >= 4 is 27.7 Å². The van der Waals surface area contributed by atoms with Crippen LogP contribution in [-0.4, -0.2) is 17.3 Å². The predicted molar refractivity (Wildman–Crippen MR) is 118 cm³/mol. The lowest BCUT2D eigenvalue weighted by atomic mass is 10.1. The van der Waals surface area contributed by atoms with Crippen molar-refractivity contribution in [3.63, 3.8) is 0 Å². The number of hydrogen-bond donors (Lipinski definition) is 0. The van der Waals surface area contributed by atoms with Gasteiger partial charge in [0.05, 0.1) is 6.61 Å². The van der Waals surface area contributed by atoms with Gasteiger partial charge in [-0.1, -0.05) is 94.4 Å². The largest absolute Gasteiger partial charge is 0.493 e. The van der Waals surface area contributed by atoms with Gasteiger partial charge in [0, 0.05) is 21.4 Å². The number of halogens is 1. The van der Waals surface area contributed by atoms with Crippen LogP contribution in [0.4, 0.5) is 0 Å². The highest BCUT2D eigenvalue weighted by Gasteiger charge is 2.17. The Labute approximate surface area is 176 Å². The maximum absolute atomic E-state index is 6.12. The molecule has 0 atom stereocenters. The van der Waals surface area contributed by atoms with E-state index >= 15 is 0 Å². The third-order valence-corrected chi connectivity index (χ3v) is 5.35. The van der Waals surface area contributed by atoms with E-state index in [1.807, 2.05) is 72.8 Å². The molecule has 0 saturated carbocycles. The van der Waals surface area contributed by atoms with E-state index in [4.69, 9.17) is 14.1 Å². The molecule has 0 aliphatic rings. The van der Waals surface area contributed by atoms with Crippen LogP contribution in [0, 0.1) is 0 Å². The fourth-order valence-electron chi connectivity index (χ4n) is 2.78. The Kier molecular flexibility index (Phi) is 6.14. The number of nitrogens with zero attached hydrogens (tertiary/aromatic N) is 1. The SMILES string of the molecule is Brc1cccc(OCCSc2nc(-c3ccccc3)c(-c3ccccc3)o2)c1. The fourth-order valence-corrected chi connectivity index (χ4v) is 3.80. The Morgan fingerprint density at radius 1 is 0.857 bits per heavy atom. The van der Waals surface area contributed by atoms with Gasteiger partial charge in [0.2, 0.25) is 0 Å². The summed E-state index contributed by atoms with van der Waals surface area (Å²) in [6, 6.07) is 28.0. The number of aromatic nitrogens is 1. The molecule has 0 amide bonds. The molecule has 0 bridgehead atoms. The minimum atomic E-state index is 0.574. The van der Waals surface area contributed by atoms with Crippen LogP contribution in [0.5, 0.6) is 5.75 Å². The Morgan fingerprint density at radius 3 is 2.29 bits per heavy atom. The van der Waals surface area contributed by atoms with E-state index in [-0.39, 0.29) is 0 Å². The first-order valence-electron chi connectivity index (χ1n) is 8.92. The second-order valence-corrected chi connectivity index (χ2v) is 8.01. The summed E-state index contributed by atoms with van der Waals surface area (Å²) in [6.45, 7) is 0.574. The summed E-state index contributed by atoms with van der Waals surface area (Å²) in [5, 5.41) is 0.649. The van der Waals surface area contributed by atoms with E-state index in [0.717, 1.165) is 38.6 Å². The molecule has 1 heterocycles. The van der Waals surface area contributed by atoms with Crippen molar-refractivity contribution in [2.45, 2.75) is 5.22 Å². The van der Waals surface area contributed by atoms with E-state index in [0.29, 0.717) is 11.8 Å². The Balaban J connectivity index is 1.49. The van der Waals surface area contributed by atoms with Crippen molar-refractivity contribution < 1.29 is 9.15 Å². The average Bonchev–Trinajstić information content (AvgIpc) is 3.17. The lowest BCUT2D eigenvalue weighted by molar-refractivity contribution is 0.343. The van der Waals surface area contributed by atoms with Crippen molar-refractivity contribution in [1.82, 2.24) is 4.98 Å². The molecule has 0 aliphatic carbocycles. The Bertz CT molecular complexity index is 978. The molecule has 4 rings (SSSR count). The van der Waals surface area contributed by atoms with Gasteiger partial charge in [-0.05, 0) is 18.2 Å². The summed E-state index contributed by atoms with van der Waals surface area (Å²) < 4.78 is 12.9. The van der Waals surface area contributed by atoms with E-state index in [2.05, 4.69) is 28.1 Å². The first-order valence-corrected chi connectivity index (χ1v) is 10.7. The van der Waals surface area contributed by atoms with Crippen LogP contribution >= 0.6 is 27.7 Å².